The number of pyridine rings is 1. The van der Waals surface area contributed by atoms with Crippen LogP contribution < -0.4 is 25.5 Å². The number of H-pyrrole nitrogens is 1. The highest BCUT2D eigenvalue weighted by Crippen LogP contribution is 2.44. The minimum Gasteiger partial charge on any atom is -0.381 e. The molecule has 1 atom stereocenters. The van der Waals surface area contributed by atoms with Crippen LogP contribution in [0.4, 0.5) is 17.1 Å². The maximum absolute atomic E-state index is 15.1. The fourth-order valence-corrected chi connectivity index (χ4v) is 11.9. The van der Waals surface area contributed by atoms with Gasteiger partial charge in [0, 0.05) is 97.6 Å². The van der Waals surface area contributed by atoms with Crippen molar-refractivity contribution in [1.82, 2.24) is 19.6 Å². The molecule has 0 spiro atoms. The van der Waals surface area contributed by atoms with Crippen molar-refractivity contribution >= 4 is 79.0 Å². The van der Waals surface area contributed by atoms with E-state index in [0.717, 1.165) is 73.9 Å². The summed E-state index contributed by atoms with van der Waals surface area (Å²) < 4.78 is 50.2. The van der Waals surface area contributed by atoms with Crippen LogP contribution in [0.2, 0.25) is 5.02 Å². The molecule has 0 radical (unpaired) electrons. The van der Waals surface area contributed by atoms with E-state index in [-0.39, 0.29) is 27.9 Å². The zero-order valence-corrected chi connectivity index (χ0v) is 38.2. The number of hydrogen-bond donors (Lipinski definition) is 3. The van der Waals surface area contributed by atoms with E-state index in [1.165, 1.54) is 41.1 Å². The molecule has 17 heteroatoms. The van der Waals surface area contributed by atoms with Gasteiger partial charge in [-0.3, -0.25) is 19.8 Å². The summed E-state index contributed by atoms with van der Waals surface area (Å²) in [5.41, 5.74) is 5.28. The maximum atomic E-state index is 15.1. The number of rotatable bonds is 13. The van der Waals surface area contributed by atoms with Crippen molar-refractivity contribution in [2.45, 2.75) is 50.8 Å². The lowest BCUT2D eigenvalue weighted by molar-refractivity contribution is -0.384. The Hall–Kier alpha value is -5.05. The number of nitro groups is 1. The Bertz CT molecular complexity index is 2730. The number of amides is 1. The van der Waals surface area contributed by atoms with Crippen molar-refractivity contribution in [3.8, 4) is 0 Å². The molecule has 4 heterocycles. The molecule has 3 aromatic carbocycles. The molecule has 8 rings (SSSR count). The van der Waals surface area contributed by atoms with Crippen LogP contribution in [0.25, 0.3) is 16.6 Å². The number of nitrogens with one attached hydrogen (secondary N) is 3. The van der Waals surface area contributed by atoms with Gasteiger partial charge in [-0.1, -0.05) is 43.2 Å². The first-order chi connectivity index (χ1) is 30.1. The molecule has 3 N–H and O–H groups in total. The number of nitrogens with zero attached hydrogens (tertiary/aromatic N) is 4. The predicted molar refractivity (Wildman–Crippen MR) is 250 cm³/mol. The molecule has 2 fully saturated rings. The number of fused-ring (bicyclic) bond motifs is 1. The maximum Gasteiger partial charge on any atom is 0.293 e. The van der Waals surface area contributed by atoms with E-state index in [0.29, 0.717) is 43.8 Å². The first kappa shape index (κ1) is 44.6. The largest absolute Gasteiger partial charge is 0.381 e. The SMILES string of the molecule is CC1(C)CCC(CN2CCN(c3ccc(C(=O)NS(=O)(=O)c4ccc(NCC5CCOCC5)c([N+](=O)[O-])c4)c(P(C)(=O)c4cnc5[nH]ccc5c4)c3)CC2)=C(c2ccc(Cl)cc2)C1. The summed E-state index contributed by atoms with van der Waals surface area (Å²) in [5, 5.41) is 17.2. The van der Waals surface area contributed by atoms with E-state index in [2.05, 4.69) is 55.8 Å². The van der Waals surface area contributed by atoms with Crippen molar-refractivity contribution in [3.63, 3.8) is 0 Å². The molecule has 0 bridgehead atoms. The number of halogens is 1. The highest BCUT2D eigenvalue weighted by molar-refractivity contribution is 7.90. The van der Waals surface area contributed by atoms with Gasteiger partial charge in [0.15, 0.2) is 0 Å². The average molecular weight is 914 g/mol. The number of carbonyl (C=O) groups excluding carboxylic acids is 1. The summed E-state index contributed by atoms with van der Waals surface area (Å²) in [6.45, 7) is 11.7. The van der Waals surface area contributed by atoms with Gasteiger partial charge in [0.1, 0.15) is 18.5 Å². The fourth-order valence-electron chi connectivity index (χ4n) is 8.88. The van der Waals surface area contributed by atoms with Crippen molar-refractivity contribution in [1.29, 1.82) is 0 Å². The van der Waals surface area contributed by atoms with E-state index in [1.807, 2.05) is 18.2 Å². The van der Waals surface area contributed by atoms with Crippen LogP contribution >= 0.6 is 18.7 Å². The molecule has 2 aromatic heterocycles. The number of allylic oxidation sites excluding steroid dienone is 1. The number of piperazine rings is 1. The molecule has 1 aliphatic carbocycles. The zero-order valence-electron chi connectivity index (χ0n) is 35.7. The second-order valence-electron chi connectivity index (χ2n) is 17.7. The Morgan fingerprint density at radius 3 is 2.51 bits per heavy atom. The second-order valence-corrected chi connectivity index (χ2v) is 22.7. The van der Waals surface area contributed by atoms with Crippen molar-refractivity contribution in [3.05, 3.63) is 117 Å². The number of sulfonamides is 1. The standard InChI is InChI=1S/C46H53ClN7O7PS/c1-46(2)16-12-34(40(27-46)32-4-6-35(47)7-5-32)30-52-18-20-53(21-19-52)36-8-10-39(43(25-36)62(3,58)37-24-33-13-17-48-44(33)50-29-37)45(55)51-63(59,60)38-9-11-41(42(26-38)54(56)57)49-28-31-14-22-61-23-15-31/h4-11,13,17,24-26,29,31,49H,12,14-16,18-23,27-28,30H2,1-3H3,(H,48,50)(H,51,55). The number of hydrogen-bond acceptors (Lipinski definition) is 11. The Labute approximate surface area is 373 Å². The summed E-state index contributed by atoms with van der Waals surface area (Å²) in [4.78, 5) is 37.3. The first-order valence-corrected chi connectivity index (χ1v) is 25.3. The van der Waals surface area contributed by atoms with Crippen molar-refractivity contribution in [2.24, 2.45) is 11.3 Å². The minimum absolute atomic E-state index is 0.0907. The van der Waals surface area contributed by atoms with Crippen molar-refractivity contribution < 1.29 is 27.4 Å². The molecule has 63 heavy (non-hydrogen) atoms. The highest BCUT2D eigenvalue weighted by atomic mass is 35.5. The minimum atomic E-state index is -4.62. The molecule has 14 nitrogen and oxygen atoms in total. The molecule has 0 saturated carbocycles. The molecule has 2 aliphatic heterocycles. The number of carbonyl (C=O) groups is 1. The lowest BCUT2D eigenvalue weighted by Gasteiger charge is -2.39. The highest BCUT2D eigenvalue weighted by Gasteiger charge is 2.33. The molecule has 5 aromatic rings. The normalized spacial score (nSPS) is 18.6. The summed E-state index contributed by atoms with van der Waals surface area (Å²) >= 11 is 6.25. The molecule has 3 aliphatic rings. The third-order valence-electron chi connectivity index (χ3n) is 12.7. The summed E-state index contributed by atoms with van der Waals surface area (Å²) in [7, 11) is -8.23. The smallest absolute Gasteiger partial charge is 0.293 e. The number of benzene rings is 3. The van der Waals surface area contributed by atoms with Crippen LogP contribution in [0.15, 0.2) is 95.7 Å². The summed E-state index contributed by atoms with van der Waals surface area (Å²) in [6.07, 6.45) is 8.01. The summed E-state index contributed by atoms with van der Waals surface area (Å²) in [5.74, 6) is -0.752. The van der Waals surface area contributed by atoms with Gasteiger partial charge in [0.2, 0.25) is 0 Å². The van der Waals surface area contributed by atoms with Gasteiger partial charge in [-0.2, -0.15) is 0 Å². The monoisotopic (exact) mass is 913 g/mol. The molecule has 1 unspecified atom stereocenters. The van der Waals surface area contributed by atoms with Gasteiger partial charge in [-0.15, -0.1) is 0 Å². The van der Waals surface area contributed by atoms with E-state index in [1.54, 1.807) is 31.1 Å². The number of ether oxygens (including phenoxy) is 1. The Kier molecular flexibility index (Phi) is 12.9. The third kappa shape index (κ3) is 10.0. The average Bonchev–Trinajstić information content (AvgIpc) is 3.75. The van der Waals surface area contributed by atoms with E-state index >= 15 is 4.57 Å². The molecule has 1 amide bonds. The lowest BCUT2D eigenvalue weighted by atomic mass is 9.72. The van der Waals surface area contributed by atoms with Crippen LogP contribution in [0, 0.1) is 21.4 Å². The van der Waals surface area contributed by atoms with Gasteiger partial charge in [0.25, 0.3) is 21.6 Å². The van der Waals surface area contributed by atoms with Crippen molar-refractivity contribution in [2.75, 3.05) is 69.4 Å². The Balaban J connectivity index is 1.04. The Morgan fingerprint density at radius 1 is 1.03 bits per heavy atom. The van der Waals surface area contributed by atoms with Gasteiger partial charge in [-0.25, -0.2) is 18.1 Å². The van der Waals surface area contributed by atoms with Crippen LogP contribution in [-0.4, -0.2) is 93.3 Å². The molecule has 332 valence electrons. The number of anilines is 2. The number of aromatic nitrogens is 2. The second kappa shape index (κ2) is 18.2. The molecule has 2 saturated heterocycles. The summed E-state index contributed by atoms with van der Waals surface area (Å²) in [6, 6.07) is 20.2. The van der Waals surface area contributed by atoms with Crippen LogP contribution in [-0.2, 0) is 19.3 Å². The molecular formula is C46H53ClN7O7PS. The molecular weight excluding hydrogens is 861 g/mol. The zero-order chi connectivity index (χ0) is 44.5. The number of aromatic amines is 1. The van der Waals surface area contributed by atoms with E-state index < -0.39 is 38.6 Å². The number of nitro benzene ring substituents is 1. The topological polar surface area (TPSA) is 180 Å². The lowest BCUT2D eigenvalue weighted by Crippen LogP contribution is -2.47. The van der Waals surface area contributed by atoms with Crippen LogP contribution in [0.3, 0.4) is 0 Å². The van der Waals surface area contributed by atoms with Gasteiger partial charge in [0.05, 0.1) is 15.4 Å². The van der Waals surface area contributed by atoms with E-state index in [9.17, 15) is 23.3 Å². The van der Waals surface area contributed by atoms with Gasteiger partial charge in [-0.05, 0) is 116 Å². The quantitative estimate of drug-likeness (QED) is 0.0596. The third-order valence-corrected chi connectivity index (χ3v) is 16.8. The van der Waals surface area contributed by atoms with E-state index in [4.69, 9.17) is 16.3 Å². The van der Waals surface area contributed by atoms with Gasteiger partial charge >= 0.3 is 0 Å². The van der Waals surface area contributed by atoms with Gasteiger partial charge < -0.3 is 24.5 Å². The Morgan fingerprint density at radius 2 is 1.78 bits per heavy atom. The predicted octanol–water partition coefficient (Wildman–Crippen LogP) is 7.81. The van der Waals surface area contributed by atoms with Crippen LogP contribution in [0.1, 0.15) is 61.9 Å². The first-order valence-electron chi connectivity index (χ1n) is 21.3. The fraction of sp³-hybridized carbons (Fsp3) is 0.391. The van der Waals surface area contributed by atoms with Crippen LogP contribution in [0.5, 0.6) is 0 Å².